The Balaban J connectivity index is 2.28. The summed E-state index contributed by atoms with van der Waals surface area (Å²) in [7, 11) is 0. The van der Waals surface area contributed by atoms with Crippen LogP contribution in [0.5, 0.6) is 0 Å². The number of rotatable bonds is 3. The lowest BCUT2D eigenvalue weighted by Crippen LogP contribution is -2.07. The highest BCUT2D eigenvalue weighted by atomic mass is 32.2. The van der Waals surface area contributed by atoms with Crippen molar-refractivity contribution in [3.63, 3.8) is 0 Å². The molecule has 1 aromatic carbocycles. The number of fused-ring (bicyclic) bond motifs is 1. The summed E-state index contributed by atoms with van der Waals surface area (Å²) in [5.74, 6) is 0.613. The Morgan fingerprint density at radius 1 is 1.47 bits per heavy atom. The number of Topliss-reactive ketones (excluding diaryl/α,β-unsaturated/α-hetero) is 1. The molecule has 0 heterocycles. The summed E-state index contributed by atoms with van der Waals surface area (Å²) in [6.45, 7) is 2.14. The van der Waals surface area contributed by atoms with E-state index in [-0.39, 0.29) is 5.92 Å². The molecule has 0 amide bonds. The first-order chi connectivity index (χ1) is 7.26. The van der Waals surface area contributed by atoms with Crippen molar-refractivity contribution in [2.45, 2.75) is 31.1 Å². The van der Waals surface area contributed by atoms with Gasteiger partial charge in [-0.1, -0.05) is 19.4 Å². The molecule has 2 heteroatoms. The number of carbonyl (C=O) groups is 1. The van der Waals surface area contributed by atoms with Gasteiger partial charge in [0.25, 0.3) is 0 Å². The zero-order valence-corrected chi connectivity index (χ0v) is 10.1. The van der Waals surface area contributed by atoms with Crippen LogP contribution in [-0.4, -0.2) is 12.0 Å². The number of ketones is 1. The van der Waals surface area contributed by atoms with Gasteiger partial charge in [0, 0.05) is 16.4 Å². The summed E-state index contributed by atoms with van der Waals surface area (Å²) in [6, 6.07) is 6.22. The Hall–Kier alpha value is -0.760. The molecule has 0 aromatic heterocycles. The number of hydrogen-bond acceptors (Lipinski definition) is 2. The Bertz CT molecular complexity index is 384. The molecular weight excluding hydrogens is 204 g/mol. The highest BCUT2D eigenvalue weighted by molar-refractivity contribution is 7.98. The van der Waals surface area contributed by atoms with Crippen molar-refractivity contribution < 1.29 is 4.79 Å². The molecular formula is C13H16OS. The average Bonchev–Trinajstić information content (AvgIpc) is 2.56. The van der Waals surface area contributed by atoms with Gasteiger partial charge in [-0.15, -0.1) is 11.8 Å². The van der Waals surface area contributed by atoms with E-state index in [2.05, 4.69) is 25.3 Å². The molecule has 1 nitrogen and oxygen atoms in total. The van der Waals surface area contributed by atoms with Crippen LogP contribution < -0.4 is 0 Å². The molecule has 15 heavy (non-hydrogen) atoms. The van der Waals surface area contributed by atoms with Gasteiger partial charge in [0.05, 0.1) is 0 Å². The number of hydrogen-bond donors (Lipinski definition) is 0. The summed E-state index contributed by atoms with van der Waals surface area (Å²) >= 11 is 1.74. The molecule has 0 spiro atoms. The van der Waals surface area contributed by atoms with E-state index in [1.807, 2.05) is 6.07 Å². The summed E-state index contributed by atoms with van der Waals surface area (Å²) in [4.78, 5) is 13.2. The smallest absolute Gasteiger partial charge is 0.166 e. The van der Waals surface area contributed by atoms with Gasteiger partial charge in [-0.05, 0) is 36.8 Å². The lowest BCUT2D eigenvalue weighted by atomic mass is 10.00. The molecule has 1 aliphatic rings. The van der Waals surface area contributed by atoms with Crippen molar-refractivity contribution in [1.29, 1.82) is 0 Å². The molecule has 0 saturated carbocycles. The fourth-order valence-corrected chi connectivity index (χ4v) is 2.73. The van der Waals surface area contributed by atoms with Crippen molar-refractivity contribution in [1.82, 2.24) is 0 Å². The third kappa shape index (κ3) is 1.96. The minimum Gasteiger partial charge on any atom is -0.294 e. The maximum atomic E-state index is 12.0. The van der Waals surface area contributed by atoms with E-state index in [9.17, 15) is 4.79 Å². The average molecular weight is 220 g/mol. The van der Waals surface area contributed by atoms with Gasteiger partial charge in [-0.25, -0.2) is 0 Å². The Labute approximate surface area is 95.3 Å². The third-order valence-corrected chi connectivity index (χ3v) is 3.78. The molecule has 0 aliphatic heterocycles. The van der Waals surface area contributed by atoms with Crippen LogP contribution in [0.4, 0.5) is 0 Å². The minimum atomic E-state index is 0.252. The van der Waals surface area contributed by atoms with E-state index in [4.69, 9.17) is 0 Å². The van der Waals surface area contributed by atoms with Gasteiger partial charge in [0.2, 0.25) is 0 Å². The molecule has 0 saturated heterocycles. The van der Waals surface area contributed by atoms with Crippen molar-refractivity contribution in [2.24, 2.45) is 5.92 Å². The van der Waals surface area contributed by atoms with E-state index in [1.165, 1.54) is 10.5 Å². The molecule has 2 rings (SSSR count). The first kappa shape index (κ1) is 10.7. The van der Waals surface area contributed by atoms with Gasteiger partial charge in [-0.2, -0.15) is 0 Å². The summed E-state index contributed by atoms with van der Waals surface area (Å²) in [5.41, 5.74) is 2.22. The van der Waals surface area contributed by atoms with Crippen LogP contribution in [0, 0.1) is 5.92 Å². The molecule has 1 unspecified atom stereocenters. The summed E-state index contributed by atoms with van der Waals surface area (Å²) in [6.07, 6.45) is 5.15. The van der Waals surface area contributed by atoms with Crippen molar-refractivity contribution in [3.05, 3.63) is 29.3 Å². The second-order valence-electron chi connectivity index (χ2n) is 4.08. The lowest BCUT2D eigenvalue weighted by molar-refractivity contribution is 0.0930. The molecule has 0 N–H and O–H groups in total. The van der Waals surface area contributed by atoms with Crippen LogP contribution in [0.3, 0.4) is 0 Å². The van der Waals surface area contributed by atoms with E-state index >= 15 is 0 Å². The largest absolute Gasteiger partial charge is 0.294 e. The molecule has 80 valence electrons. The van der Waals surface area contributed by atoms with Crippen molar-refractivity contribution in [3.8, 4) is 0 Å². The highest BCUT2D eigenvalue weighted by Gasteiger charge is 2.29. The molecule has 0 radical (unpaired) electrons. The second-order valence-corrected chi connectivity index (χ2v) is 4.96. The van der Waals surface area contributed by atoms with E-state index in [0.717, 1.165) is 24.8 Å². The fraction of sp³-hybridized carbons (Fsp3) is 0.462. The van der Waals surface area contributed by atoms with Gasteiger partial charge in [0.15, 0.2) is 5.78 Å². The van der Waals surface area contributed by atoms with Crippen LogP contribution in [0.25, 0.3) is 0 Å². The minimum absolute atomic E-state index is 0.252. The standard InChI is InChI=1S/C13H16OS/c1-3-4-9-7-10-8-11(15-2)5-6-12(10)13(9)14/h5-6,8-9H,3-4,7H2,1-2H3. The molecule has 1 aromatic rings. The van der Waals surface area contributed by atoms with Crippen molar-refractivity contribution >= 4 is 17.5 Å². The maximum absolute atomic E-state index is 12.0. The van der Waals surface area contributed by atoms with Gasteiger partial charge in [0.1, 0.15) is 0 Å². The highest BCUT2D eigenvalue weighted by Crippen LogP contribution is 2.32. The first-order valence-corrected chi connectivity index (χ1v) is 6.70. The van der Waals surface area contributed by atoms with Crippen LogP contribution >= 0.6 is 11.8 Å². The van der Waals surface area contributed by atoms with Crippen LogP contribution in [0.1, 0.15) is 35.7 Å². The van der Waals surface area contributed by atoms with Gasteiger partial charge in [-0.3, -0.25) is 4.79 Å². The zero-order chi connectivity index (χ0) is 10.8. The number of benzene rings is 1. The zero-order valence-electron chi connectivity index (χ0n) is 9.25. The monoisotopic (exact) mass is 220 g/mol. The van der Waals surface area contributed by atoms with Crippen LogP contribution in [-0.2, 0) is 6.42 Å². The number of carbonyl (C=O) groups excluding carboxylic acids is 1. The third-order valence-electron chi connectivity index (χ3n) is 3.05. The second kappa shape index (κ2) is 4.40. The number of thioether (sulfide) groups is 1. The molecule has 1 atom stereocenters. The molecule has 0 fully saturated rings. The quantitative estimate of drug-likeness (QED) is 0.724. The Kier molecular flexibility index (Phi) is 3.15. The lowest BCUT2D eigenvalue weighted by Gasteiger charge is -2.03. The Morgan fingerprint density at radius 2 is 2.27 bits per heavy atom. The predicted octanol–water partition coefficient (Wildman–Crippen LogP) is 3.56. The Morgan fingerprint density at radius 3 is 2.93 bits per heavy atom. The molecule has 1 aliphatic carbocycles. The SMILES string of the molecule is CCCC1Cc2cc(SC)ccc2C1=O. The normalized spacial score (nSPS) is 19.3. The van der Waals surface area contributed by atoms with E-state index in [0.29, 0.717) is 5.78 Å². The summed E-state index contributed by atoms with van der Waals surface area (Å²) < 4.78 is 0. The predicted molar refractivity (Wildman–Crippen MR) is 64.7 cm³/mol. The van der Waals surface area contributed by atoms with Gasteiger partial charge >= 0.3 is 0 Å². The van der Waals surface area contributed by atoms with Crippen molar-refractivity contribution in [2.75, 3.05) is 6.26 Å². The summed E-state index contributed by atoms with van der Waals surface area (Å²) in [5, 5.41) is 0. The maximum Gasteiger partial charge on any atom is 0.166 e. The first-order valence-electron chi connectivity index (χ1n) is 5.47. The van der Waals surface area contributed by atoms with Gasteiger partial charge < -0.3 is 0 Å². The molecule has 0 bridgehead atoms. The van der Waals surface area contributed by atoms with E-state index in [1.54, 1.807) is 11.8 Å². The fourth-order valence-electron chi connectivity index (χ4n) is 2.27. The van der Waals surface area contributed by atoms with E-state index < -0.39 is 0 Å². The topological polar surface area (TPSA) is 17.1 Å². The van der Waals surface area contributed by atoms with Crippen LogP contribution in [0.2, 0.25) is 0 Å². The van der Waals surface area contributed by atoms with Crippen LogP contribution in [0.15, 0.2) is 23.1 Å².